The zero-order valence-corrected chi connectivity index (χ0v) is 56.6. The Morgan fingerprint density at radius 1 is 0.442 bits per heavy atom. The SMILES string of the molecule is [C-]#[N+]/C(c1cnc2cc(Cl)c(Cl)cc2n1)=c1\c2c(-c3ccc(OC(=O)c4ccc5c(c4)C(=O)NC5=O)cc3)n(B(c3ccccc3)c3ccccc3)/c(=C(/C#N)c3cnc4cc(Cl)c(Cl)cc4n3)c2c(-c2ccc(OC(=O)c3ccc4c(c3)C(=O)NC4=O)cc2)n1B(c1ccccc1)c1ccccc1. The van der Waals surface area contributed by atoms with E-state index in [1.807, 2.05) is 121 Å². The molecule has 10 aromatic carbocycles. The van der Waals surface area contributed by atoms with Crippen LogP contribution < -0.4 is 52.7 Å². The van der Waals surface area contributed by atoms with Crippen LogP contribution >= 0.6 is 46.4 Å². The Labute approximate surface area is 610 Å². The number of halogens is 4. The molecule has 18 nitrogen and oxygen atoms in total. The van der Waals surface area contributed by atoms with Crippen molar-refractivity contribution >= 4 is 162 Å². The van der Waals surface area contributed by atoms with Gasteiger partial charge in [-0.3, -0.25) is 44.8 Å². The summed E-state index contributed by atoms with van der Waals surface area (Å²) in [4.78, 5) is 104. The van der Waals surface area contributed by atoms with Crippen LogP contribution in [-0.2, 0) is 0 Å². The Hall–Kier alpha value is -13.1. The smallest absolute Gasteiger partial charge is 0.343 e. The zero-order chi connectivity index (χ0) is 71.6. The Morgan fingerprint density at radius 2 is 0.798 bits per heavy atom. The van der Waals surface area contributed by atoms with Gasteiger partial charge in [-0.1, -0.05) is 190 Å². The Morgan fingerprint density at radius 3 is 1.19 bits per heavy atom. The molecule has 104 heavy (non-hydrogen) atoms. The van der Waals surface area contributed by atoms with Gasteiger partial charge in [-0.25, -0.2) is 19.4 Å². The molecule has 494 valence electrons. The Balaban J connectivity index is 1.09. The van der Waals surface area contributed by atoms with E-state index in [0.717, 1.165) is 21.9 Å². The second-order valence-electron chi connectivity index (χ2n) is 24.2. The molecule has 0 bridgehead atoms. The van der Waals surface area contributed by atoms with Gasteiger partial charge in [0.2, 0.25) is 5.70 Å². The average Bonchev–Trinajstić information content (AvgIpc) is 1.52. The number of carbonyl (C=O) groups excluding carboxylic acids is 6. The normalized spacial score (nSPS) is 12.8. The van der Waals surface area contributed by atoms with Gasteiger partial charge in [0.15, 0.2) is 0 Å². The molecule has 6 heterocycles. The first-order valence-corrected chi connectivity index (χ1v) is 33.6. The number of nitrogens with zero attached hydrogens (tertiary/aromatic N) is 8. The largest absolute Gasteiger partial charge is 0.423 e. The van der Waals surface area contributed by atoms with E-state index in [0.29, 0.717) is 55.4 Å². The topological polar surface area (TPSA) is 235 Å². The molecule has 0 atom stereocenters. The highest BCUT2D eigenvalue weighted by molar-refractivity contribution is 6.85. The molecule has 2 aliphatic rings. The zero-order valence-electron chi connectivity index (χ0n) is 53.6. The fraction of sp³-hybridized carbons (Fsp3) is 0. The number of fused-ring (bicyclic) bond motifs is 5. The number of nitriles is 1. The maximum Gasteiger partial charge on any atom is 0.343 e. The van der Waals surface area contributed by atoms with Crippen LogP contribution in [0.3, 0.4) is 0 Å². The van der Waals surface area contributed by atoms with Gasteiger partial charge in [0, 0.05) is 33.7 Å². The van der Waals surface area contributed by atoms with E-state index in [-0.39, 0.29) is 98.3 Å². The van der Waals surface area contributed by atoms with Crippen LogP contribution in [0.5, 0.6) is 11.5 Å². The van der Waals surface area contributed by atoms with Gasteiger partial charge in [0.05, 0.1) is 99.4 Å². The van der Waals surface area contributed by atoms with E-state index in [1.165, 1.54) is 48.8 Å². The number of aromatic nitrogens is 6. The van der Waals surface area contributed by atoms with Crippen molar-refractivity contribution < 1.29 is 38.2 Å². The van der Waals surface area contributed by atoms with Gasteiger partial charge in [-0.2, -0.15) is 5.26 Å². The number of nitrogens with one attached hydrogen (secondary N) is 2. The van der Waals surface area contributed by atoms with Crippen LogP contribution in [0.2, 0.25) is 20.1 Å². The Bertz CT molecular complexity index is 5820. The maximum absolute atomic E-state index is 14.2. The van der Waals surface area contributed by atoms with Crippen molar-refractivity contribution in [1.29, 1.82) is 5.26 Å². The van der Waals surface area contributed by atoms with E-state index in [9.17, 15) is 40.6 Å². The summed E-state index contributed by atoms with van der Waals surface area (Å²) in [7, 11) is 0. The predicted molar refractivity (Wildman–Crippen MR) is 399 cm³/mol. The van der Waals surface area contributed by atoms with E-state index in [2.05, 4.69) is 30.5 Å². The van der Waals surface area contributed by atoms with Gasteiger partial charge < -0.3 is 18.4 Å². The van der Waals surface area contributed by atoms with Crippen molar-refractivity contribution in [2.75, 3.05) is 0 Å². The molecule has 0 saturated carbocycles. The molecule has 0 radical (unpaired) electrons. The number of amides is 4. The van der Waals surface area contributed by atoms with Crippen LogP contribution in [-0.4, -0.2) is 78.2 Å². The molecule has 2 aliphatic heterocycles. The molecule has 4 aromatic heterocycles. The van der Waals surface area contributed by atoms with Crippen molar-refractivity contribution in [2.45, 2.75) is 0 Å². The van der Waals surface area contributed by atoms with Gasteiger partial charge in [-0.05, 0) is 120 Å². The minimum atomic E-state index is -0.872. The van der Waals surface area contributed by atoms with Crippen LogP contribution in [0, 0.1) is 17.9 Å². The molecule has 14 aromatic rings. The lowest BCUT2D eigenvalue weighted by Crippen LogP contribution is -2.54. The van der Waals surface area contributed by atoms with E-state index < -0.39 is 49.3 Å². The summed E-state index contributed by atoms with van der Waals surface area (Å²) >= 11 is 26.8. The molecule has 4 amide bonds. The Kier molecular flexibility index (Phi) is 16.9. The van der Waals surface area contributed by atoms with Gasteiger partial charge in [0.25, 0.3) is 23.6 Å². The molecule has 0 aliphatic carbocycles. The summed E-state index contributed by atoms with van der Waals surface area (Å²) in [6, 6.07) is 69.3. The average molecular weight is 1430 g/mol. The minimum absolute atomic E-state index is 0.00178. The quantitative estimate of drug-likeness (QED) is 0.0339. The lowest BCUT2D eigenvalue weighted by atomic mass is 9.50. The third kappa shape index (κ3) is 11.7. The summed E-state index contributed by atoms with van der Waals surface area (Å²) in [5.41, 5.74) is 6.53. The molecule has 0 spiro atoms. The van der Waals surface area contributed by atoms with Gasteiger partial charge >= 0.3 is 25.6 Å². The first-order valence-electron chi connectivity index (χ1n) is 32.0. The fourth-order valence-electron chi connectivity index (χ4n) is 13.5. The summed E-state index contributed by atoms with van der Waals surface area (Å²) < 4.78 is 16.3. The number of imide groups is 2. The second kappa shape index (κ2) is 26.8. The number of rotatable bonds is 14. The van der Waals surface area contributed by atoms with Crippen molar-refractivity contribution in [3.8, 4) is 40.1 Å². The number of hydrogen-bond acceptors (Lipinski definition) is 13. The van der Waals surface area contributed by atoms with Gasteiger partial charge in [0.1, 0.15) is 28.8 Å². The molecule has 24 heteroatoms. The highest BCUT2D eigenvalue weighted by Gasteiger charge is 2.38. The number of esters is 2. The third-order valence-corrected chi connectivity index (χ3v) is 19.6. The molecule has 16 rings (SSSR count). The summed E-state index contributed by atoms with van der Waals surface area (Å²) in [5.74, 6) is -3.98. The highest BCUT2D eigenvalue weighted by atomic mass is 35.5. The maximum atomic E-state index is 14.2. The van der Waals surface area contributed by atoms with Crippen molar-refractivity contribution in [2.24, 2.45) is 0 Å². The summed E-state index contributed by atoms with van der Waals surface area (Å²) in [6.45, 7) is 8.00. The van der Waals surface area contributed by atoms with E-state index in [4.69, 9.17) is 75.8 Å². The monoisotopic (exact) mass is 1430 g/mol. The lowest BCUT2D eigenvalue weighted by molar-refractivity contribution is 0.0725. The van der Waals surface area contributed by atoms with Gasteiger partial charge in [-0.15, -0.1) is 0 Å². The number of carbonyl (C=O) groups is 6. The molecule has 0 saturated heterocycles. The van der Waals surface area contributed by atoms with Crippen molar-refractivity contribution in [3.63, 3.8) is 0 Å². The van der Waals surface area contributed by atoms with Crippen molar-refractivity contribution in [3.05, 3.63) is 330 Å². The van der Waals surface area contributed by atoms with Crippen LogP contribution in [0.15, 0.2) is 243 Å². The number of hydrogen-bond donors (Lipinski definition) is 2. The molecule has 0 fully saturated rings. The molecule has 2 N–H and O–H groups in total. The second-order valence-corrected chi connectivity index (χ2v) is 25.8. The molecule has 0 unspecified atom stereocenters. The van der Waals surface area contributed by atoms with E-state index >= 15 is 0 Å². The number of benzene rings is 10. The van der Waals surface area contributed by atoms with Crippen LogP contribution in [0.4, 0.5) is 0 Å². The minimum Gasteiger partial charge on any atom is -0.423 e. The lowest BCUT2D eigenvalue weighted by Gasteiger charge is -2.24. The predicted octanol–water partition coefficient (Wildman–Crippen LogP) is 11.6. The standard InChI is InChI=1S/C80H42B2Cl4N10O8/c1-88-70(67-42-90-63-37-59(84)61(86)39-65(63)92-67)74-69-68(71(96(74)82(49-18-10-4-11-19-49)50-20-12-5-13-21-50)43-22-28-51(29-23-43)103-79(101)45-26-32-53-55(34-45)77(99)93-75(53)97)73(57(40-87)66-41-89-62-36-58(83)60(85)38-64(62)91-66)95(81(47-14-6-2-7-15-47)48-16-8-3-9-17-48)72(69)44-24-30-52(31-25-44)104-80(102)46-27-33-54-56(35-46)78(100)94-76(54)98/h2-39,41-42H,(H,93,97,99)(H,94,98,100)/b73-57-,74-70+. The first-order chi connectivity index (χ1) is 50.6. The third-order valence-electron chi connectivity index (χ3n) is 18.1. The molecular formula is C80H42B2Cl4N10O8. The first kappa shape index (κ1) is 65.5. The van der Waals surface area contributed by atoms with Crippen molar-refractivity contribution in [1.82, 2.24) is 39.5 Å². The van der Waals surface area contributed by atoms with E-state index in [1.54, 1.807) is 72.8 Å². The number of ether oxygens (including phenoxy) is 2. The fourth-order valence-corrected chi connectivity index (χ4v) is 14.1. The van der Waals surface area contributed by atoms with Crippen LogP contribution in [0.25, 0.3) is 71.5 Å². The summed E-state index contributed by atoms with van der Waals surface area (Å²) in [6.07, 6.45) is 2.98. The molecular weight excluding hydrogens is 1390 g/mol. The summed E-state index contributed by atoms with van der Waals surface area (Å²) in [5, 5.41) is 19.2. The highest BCUT2D eigenvalue weighted by Crippen LogP contribution is 2.39. The van der Waals surface area contributed by atoms with Crippen LogP contribution in [0.1, 0.15) is 73.5 Å².